The highest BCUT2D eigenvalue weighted by atomic mass is 16.5. The fraction of sp³-hybridized carbons (Fsp3) is 0.300. The third-order valence-electron chi connectivity index (χ3n) is 4.42. The summed E-state index contributed by atoms with van der Waals surface area (Å²) in [6, 6.07) is 15.2. The lowest BCUT2D eigenvalue weighted by Crippen LogP contribution is -2.39. The summed E-state index contributed by atoms with van der Waals surface area (Å²) in [5, 5.41) is 2.87. The normalized spacial score (nSPS) is 13.8. The van der Waals surface area contributed by atoms with Gasteiger partial charge < -0.3 is 15.0 Å². The number of ether oxygens (including phenoxy) is 1. The molecule has 1 aliphatic heterocycles. The smallest absolute Gasteiger partial charge is 0.325 e. The number of hydrogen-bond donors (Lipinski definition) is 1. The van der Waals surface area contributed by atoms with Crippen molar-refractivity contribution in [3.05, 3.63) is 59.7 Å². The maximum atomic E-state index is 12.6. The van der Waals surface area contributed by atoms with Gasteiger partial charge in [-0.3, -0.25) is 9.69 Å². The van der Waals surface area contributed by atoms with Crippen molar-refractivity contribution in [2.75, 3.05) is 31.6 Å². The second kappa shape index (κ2) is 7.91. The van der Waals surface area contributed by atoms with E-state index in [1.54, 1.807) is 16.9 Å². The van der Waals surface area contributed by atoms with Gasteiger partial charge in [-0.1, -0.05) is 42.0 Å². The van der Waals surface area contributed by atoms with E-state index in [1.807, 2.05) is 55.5 Å². The van der Waals surface area contributed by atoms with Gasteiger partial charge in [0.1, 0.15) is 12.3 Å². The molecule has 2 aromatic carbocycles. The van der Waals surface area contributed by atoms with Crippen molar-refractivity contribution in [2.24, 2.45) is 0 Å². The highest BCUT2D eigenvalue weighted by Crippen LogP contribution is 2.30. The highest BCUT2D eigenvalue weighted by Gasteiger charge is 2.32. The summed E-state index contributed by atoms with van der Waals surface area (Å²) in [6.45, 7) is 3.57. The lowest BCUT2D eigenvalue weighted by atomic mass is 10.1. The van der Waals surface area contributed by atoms with E-state index in [0.29, 0.717) is 25.4 Å². The number of amides is 3. The molecule has 1 N–H and O–H groups in total. The van der Waals surface area contributed by atoms with Crippen LogP contribution in [0.2, 0.25) is 0 Å². The minimum absolute atomic E-state index is 0.0519. The quantitative estimate of drug-likeness (QED) is 0.868. The van der Waals surface area contributed by atoms with Crippen LogP contribution in [-0.2, 0) is 11.3 Å². The number of para-hydroxylation sites is 2. The van der Waals surface area contributed by atoms with E-state index in [1.165, 1.54) is 5.56 Å². The average molecular weight is 353 g/mol. The number of nitrogens with zero attached hydrogens (tertiary/aromatic N) is 2. The molecule has 0 aromatic heterocycles. The van der Waals surface area contributed by atoms with Crippen molar-refractivity contribution in [3.8, 4) is 5.75 Å². The molecule has 0 aliphatic carbocycles. The molecular weight excluding hydrogens is 330 g/mol. The zero-order chi connectivity index (χ0) is 18.5. The summed E-state index contributed by atoms with van der Waals surface area (Å²) in [5.41, 5.74) is 2.94. The number of hydrogen-bond acceptors (Lipinski definition) is 3. The van der Waals surface area contributed by atoms with Crippen LogP contribution in [-0.4, -0.2) is 43.6 Å². The molecule has 136 valence electrons. The molecule has 0 saturated carbocycles. The van der Waals surface area contributed by atoms with Crippen LogP contribution in [0.15, 0.2) is 48.5 Å². The average Bonchev–Trinajstić information content (AvgIpc) is 3.01. The van der Waals surface area contributed by atoms with Gasteiger partial charge in [0.25, 0.3) is 0 Å². The zero-order valence-electron chi connectivity index (χ0n) is 15.1. The molecule has 1 heterocycles. The predicted molar refractivity (Wildman–Crippen MR) is 100 cm³/mol. The van der Waals surface area contributed by atoms with Gasteiger partial charge in [-0.2, -0.15) is 0 Å². The number of carbonyl (C=O) groups is 2. The lowest BCUT2D eigenvalue weighted by molar-refractivity contribution is -0.121. The maximum Gasteiger partial charge on any atom is 0.325 e. The van der Waals surface area contributed by atoms with Gasteiger partial charge in [0.05, 0.1) is 12.8 Å². The van der Waals surface area contributed by atoms with Gasteiger partial charge in [0, 0.05) is 19.6 Å². The summed E-state index contributed by atoms with van der Waals surface area (Å²) in [6.07, 6.45) is 0. The molecule has 1 saturated heterocycles. The number of benzene rings is 2. The fourth-order valence-electron chi connectivity index (χ4n) is 2.94. The third-order valence-corrected chi connectivity index (χ3v) is 4.42. The molecule has 6 heteroatoms. The number of aryl methyl sites for hydroxylation is 1. The predicted octanol–water partition coefficient (Wildman–Crippen LogP) is 2.56. The summed E-state index contributed by atoms with van der Waals surface area (Å²) in [4.78, 5) is 28.0. The summed E-state index contributed by atoms with van der Waals surface area (Å²) < 4.78 is 5.33. The van der Waals surface area contributed by atoms with Crippen LogP contribution < -0.4 is 15.0 Å². The van der Waals surface area contributed by atoms with Crippen molar-refractivity contribution in [2.45, 2.75) is 13.5 Å². The Labute approximate surface area is 153 Å². The Hall–Kier alpha value is -3.02. The highest BCUT2D eigenvalue weighted by molar-refractivity contribution is 5.97. The Morgan fingerprint density at radius 1 is 1.12 bits per heavy atom. The molecule has 3 rings (SSSR count). The number of carbonyl (C=O) groups excluding carboxylic acids is 2. The Morgan fingerprint density at radius 2 is 1.85 bits per heavy atom. The topological polar surface area (TPSA) is 61.9 Å². The van der Waals surface area contributed by atoms with Crippen molar-refractivity contribution in [3.63, 3.8) is 0 Å². The van der Waals surface area contributed by atoms with Crippen LogP contribution >= 0.6 is 0 Å². The molecule has 3 amide bonds. The van der Waals surface area contributed by atoms with E-state index in [2.05, 4.69) is 5.32 Å². The minimum Gasteiger partial charge on any atom is -0.495 e. The van der Waals surface area contributed by atoms with Crippen LogP contribution in [0.3, 0.4) is 0 Å². The fourth-order valence-corrected chi connectivity index (χ4v) is 2.94. The van der Waals surface area contributed by atoms with Gasteiger partial charge in [0.2, 0.25) is 5.91 Å². The van der Waals surface area contributed by atoms with Crippen LogP contribution in [0.5, 0.6) is 5.75 Å². The summed E-state index contributed by atoms with van der Waals surface area (Å²) in [5.74, 6) is 0.479. The molecule has 0 unspecified atom stereocenters. The van der Waals surface area contributed by atoms with Gasteiger partial charge in [-0.15, -0.1) is 0 Å². The Balaban J connectivity index is 1.56. The van der Waals surface area contributed by atoms with E-state index in [0.717, 1.165) is 11.3 Å². The van der Waals surface area contributed by atoms with E-state index in [9.17, 15) is 9.59 Å². The molecule has 0 radical (unpaired) electrons. The van der Waals surface area contributed by atoms with Crippen LogP contribution in [0.25, 0.3) is 0 Å². The number of methoxy groups -OCH3 is 1. The van der Waals surface area contributed by atoms with Gasteiger partial charge in [-0.05, 0) is 24.6 Å². The second-order valence-corrected chi connectivity index (χ2v) is 6.29. The third kappa shape index (κ3) is 3.96. The molecule has 1 fully saturated rings. The van der Waals surface area contributed by atoms with Crippen molar-refractivity contribution >= 4 is 17.6 Å². The largest absolute Gasteiger partial charge is 0.495 e. The van der Waals surface area contributed by atoms with E-state index in [-0.39, 0.29) is 18.5 Å². The molecule has 26 heavy (non-hydrogen) atoms. The molecule has 0 atom stereocenters. The molecule has 1 aliphatic rings. The van der Waals surface area contributed by atoms with E-state index >= 15 is 0 Å². The van der Waals surface area contributed by atoms with Crippen molar-refractivity contribution < 1.29 is 14.3 Å². The first kappa shape index (κ1) is 17.8. The lowest BCUT2D eigenvalue weighted by Gasteiger charge is -2.20. The van der Waals surface area contributed by atoms with E-state index < -0.39 is 0 Å². The first-order chi connectivity index (χ1) is 12.6. The number of urea groups is 1. The number of rotatable bonds is 6. The maximum absolute atomic E-state index is 12.6. The van der Waals surface area contributed by atoms with Crippen molar-refractivity contribution in [1.82, 2.24) is 10.2 Å². The molecule has 2 aromatic rings. The van der Waals surface area contributed by atoms with Crippen LogP contribution in [0.4, 0.5) is 10.5 Å². The van der Waals surface area contributed by atoms with E-state index in [4.69, 9.17) is 4.74 Å². The minimum atomic E-state index is -0.181. The van der Waals surface area contributed by atoms with Gasteiger partial charge in [0.15, 0.2) is 0 Å². The van der Waals surface area contributed by atoms with Crippen LogP contribution in [0.1, 0.15) is 11.1 Å². The summed E-state index contributed by atoms with van der Waals surface area (Å²) >= 11 is 0. The molecule has 6 nitrogen and oxygen atoms in total. The Bertz CT molecular complexity index is 789. The standard InChI is InChI=1S/C20H23N3O3/c1-15-7-9-16(10-8-15)13-21-19(24)14-22-11-12-23(20(22)25)17-5-3-4-6-18(17)26-2/h3-10H,11-14H2,1-2H3,(H,21,24). The van der Waals surface area contributed by atoms with Crippen molar-refractivity contribution in [1.29, 1.82) is 0 Å². The second-order valence-electron chi connectivity index (χ2n) is 6.29. The number of anilines is 1. The molecule has 0 spiro atoms. The monoisotopic (exact) mass is 353 g/mol. The van der Waals surface area contributed by atoms with Gasteiger partial charge >= 0.3 is 6.03 Å². The summed E-state index contributed by atoms with van der Waals surface area (Å²) in [7, 11) is 1.58. The van der Waals surface area contributed by atoms with Gasteiger partial charge in [-0.25, -0.2) is 4.79 Å². The SMILES string of the molecule is COc1ccccc1N1CCN(CC(=O)NCc2ccc(C)cc2)C1=O. The molecule has 0 bridgehead atoms. The number of nitrogens with one attached hydrogen (secondary N) is 1. The van der Waals surface area contributed by atoms with Crippen LogP contribution in [0, 0.1) is 6.92 Å². The first-order valence-electron chi connectivity index (χ1n) is 8.60. The zero-order valence-corrected chi connectivity index (χ0v) is 15.1. The molecular formula is C20H23N3O3. The Kier molecular flexibility index (Phi) is 5.41. The first-order valence-corrected chi connectivity index (χ1v) is 8.60. The Morgan fingerprint density at radius 3 is 2.58 bits per heavy atom.